The molecule has 0 saturated carbocycles. The fraction of sp³-hybridized carbons (Fsp3) is 0.833. The highest BCUT2D eigenvalue weighted by Crippen LogP contribution is 2.26. The Kier molecular flexibility index (Phi) is 5.48. The fourth-order valence-corrected chi connectivity index (χ4v) is 1.53. The molecule has 0 aliphatic carbocycles. The molecule has 0 fully saturated rings. The smallest absolute Gasteiger partial charge is 0.303 e. The second kappa shape index (κ2) is 5.87. The Morgan fingerprint density at radius 1 is 1.31 bits per heavy atom. The third-order valence-corrected chi connectivity index (χ3v) is 2.90. The summed E-state index contributed by atoms with van der Waals surface area (Å²) < 4.78 is 0. The maximum absolute atomic E-state index is 11.9. The summed E-state index contributed by atoms with van der Waals surface area (Å²) in [5.74, 6) is -0.843. The van der Waals surface area contributed by atoms with Crippen LogP contribution in [0.1, 0.15) is 47.0 Å². The Morgan fingerprint density at radius 3 is 2.19 bits per heavy atom. The zero-order valence-corrected chi connectivity index (χ0v) is 10.9. The minimum Gasteiger partial charge on any atom is -0.481 e. The number of carbonyl (C=O) groups excluding carboxylic acids is 1. The summed E-state index contributed by atoms with van der Waals surface area (Å²) >= 11 is 0. The van der Waals surface area contributed by atoms with E-state index in [0.29, 0.717) is 0 Å². The van der Waals surface area contributed by atoms with Crippen molar-refractivity contribution < 1.29 is 14.7 Å². The molecule has 0 aliphatic rings. The molecule has 16 heavy (non-hydrogen) atoms. The first-order valence-corrected chi connectivity index (χ1v) is 5.67. The minimum absolute atomic E-state index is 0.0144. The van der Waals surface area contributed by atoms with E-state index in [1.54, 1.807) is 11.9 Å². The summed E-state index contributed by atoms with van der Waals surface area (Å²) in [6, 6.07) is 0.202. The largest absolute Gasteiger partial charge is 0.481 e. The zero-order chi connectivity index (χ0) is 12.9. The van der Waals surface area contributed by atoms with E-state index >= 15 is 0 Å². The summed E-state index contributed by atoms with van der Waals surface area (Å²) in [5, 5.41) is 8.73. The van der Waals surface area contributed by atoms with Gasteiger partial charge in [-0.1, -0.05) is 20.8 Å². The quantitative estimate of drug-likeness (QED) is 0.759. The van der Waals surface area contributed by atoms with Gasteiger partial charge in [0.25, 0.3) is 0 Å². The molecule has 0 radical (unpaired) electrons. The fourth-order valence-electron chi connectivity index (χ4n) is 1.53. The van der Waals surface area contributed by atoms with E-state index < -0.39 is 11.4 Å². The second-order valence-corrected chi connectivity index (χ2v) is 5.17. The lowest BCUT2D eigenvalue weighted by Crippen LogP contribution is -2.37. The second-order valence-electron chi connectivity index (χ2n) is 5.17. The van der Waals surface area contributed by atoms with Crippen molar-refractivity contribution in [2.24, 2.45) is 5.41 Å². The third kappa shape index (κ3) is 5.14. The van der Waals surface area contributed by atoms with Gasteiger partial charge < -0.3 is 10.0 Å². The van der Waals surface area contributed by atoms with E-state index in [9.17, 15) is 9.59 Å². The molecule has 0 rings (SSSR count). The number of hydrogen-bond acceptors (Lipinski definition) is 2. The number of amides is 1. The van der Waals surface area contributed by atoms with Gasteiger partial charge in [-0.2, -0.15) is 0 Å². The lowest BCUT2D eigenvalue weighted by Gasteiger charge is -2.29. The average molecular weight is 229 g/mol. The van der Waals surface area contributed by atoms with Crippen LogP contribution in [0.4, 0.5) is 0 Å². The number of carboxylic acids is 1. The average Bonchev–Trinajstić information content (AvgIpc) is 2.12. The molecule has 0 aliphatic heterocycles. The lowest BCUT2D eigenvalue weighted by atomic mass is 9.85. The Morgan fingerprint density at radius 2 is 1.81 bits per heavy atom. The third-order valence-electron chi connectivity index (χ3n) is 2.90. The molecule has 4 heteroatoms. The number of aliphatic carboxylic acids is 1. The van der Waals surface area contributed by atoms with E-state index in [4.69, 9.17) is 5.11 Å². The molecular formula is C12H23NO3. The molecule has 0 aromatic rings. The highest BCUT2D eigenvalue weighted by Gasteiger charge is 2.27. The monoisotopic (exact) mass is 229 g/mol. The van der Waals surface area contributed by atoms with Crippen LogP contribution in [-0.2, 0) is 9.59 Å². The van der Waals surface area contributed by atoms with Crippen molar-refractivity contribution in [3.8, 4) is 0 Å². The molecular weight excluding hydrogens is 206 g/mol. The molecule has 1 N–H and O–H groups in total. The van der Waals surface area contributed by atoms with Crippen molar-refractivity contribution in [1.82, 2.24) is 4.90 Å². The first kappa shape index (κ1) is 14.9. The Hall–Kier alpha value is -1.06. The van der Waals surface area contributed by atoms with Crippen LogP contribution in [0.5, 0.6) is 0 Å². The summed E-state index contributed by atoms with van der Waals surface area (Å²) in [6.45, 7) is 7.63. The van der Waals surface area contributed by atoms with Gasteiger partial charge in [-0.05, 0) is 18.8 Å². The minimum atomic E-state index is -0.857. The molecule has 1 amide bonds. The van der Waals surface area contributed by atoms with E-state index in [-0.39, 0.29) is 24.8 Å². The van der Waals surface area contributed by atoms with Crippen LogP contribution in [0.15, 0.2) is 0 Å². The highest BCUT2D eigenvalue weighted by molar-refractivity contribution is 5.78. The molecule has 0 heterocycles. The van der Waals surface area contributed by atoms with E-state index in [0.717, 1.165) is 6.42 Å². The summed E-state index contributed by atoms with van der Waals surface area (Å²) in [7, 11) is 1.77. The predicted molar refractivity (Wildman–Crippen MR) is 63.2 cm³/mol. The molecule has 0 spiro atoms. The number of rotatable bonds is 6. The summed E-state index contributed by atoms with van der Waals surface area (Å²) in [5.41, 5.74) is -0.482. The van der Waals surface area contributed by atoms with Crippen LogP contribution in [-0.4, -0.2) is 35.0 Å². The van der Waals surface area contributed by atoms with Gasteiger partial charge in [0.05, 0.1) is 6.42 Å². The molecule has 0 bridgehead atoms. The molecule has 0 aromatic heterocycles. The van der Waals surface area contributed by atoms with Crippen LogP contribution in [0, 0.1) is 5.41 Å². The molecule has 0 saturated heterocycles. The molecule has 4 nitrogen and oxygen atoms in total. The van der Waals surface area contributed by atoms with Crippen molar-refractivity contribution in [2.75, 3.05) is 7.05 Å². The van der Waals surface area contributed by atoms with Crippen LogP contribution >= 0.6 is 0 Å². The molecule has 1 atom stereocenters. The van der Waals surface area contributed by atoms with Gasteiger partial charge in [0.2, 0.25) is 5.91 Å². The van der Waals surface area contributed by atoms with E-state index in [1.165, 1.54) is 0 Å². The summed E-state index contributed by atoms with van der Waals surface area (Å²) in [4.78, 5) is 24.2. The van der Waals surface area contributed by atoms with Crippen molar-refractivity contribution >= 4 is 11.9 Å². The van der Waals surface area contributed by atoms with Gasteiger partial charge in [0.15, 0.2) is 0 Å². The SMILES string of the molecule is CCC(C)N(C)C(=O)CC(C)(C)CC(=O)O. The number of hydrogen-bond donors (Lipinski definition) is 1. The number of nitrogens with zero attached hydrogens (tertiary/aromatic N) is 1. The topological polar surface area (TPSA) is 57.6 Å². The van der Waals surface area contributed by atoms with Crippen molar-refractivity contribution in [2.45, 2.75) is 53.0 Å². The maximum atomic E-state index is 11.9. The van der Waals surface area contributed by atoms with Crippen molar-refractivity contribution in [3.05, 3.63) is 0 Å². The van der Waals surface area contributed by atoms with Gasteiger partial charge in [0, 0.05) is 19.5 Å². The van der Waals surface area contributed by atoms with Gasteiger partial charge in [-0.25, -0.2) is 0 Å². The summed E-state index contributed by atoms with van der Waals surface area (Å²) in [6.07, 6.45) is 1.20. The Balaban J connectivity index is 4.38. The Bertz CT molecular complexity index is 261. The van der Waals surface area contributed by atoms with Crippen LogP contribution < -0.4 is 0 Å². The van der Waals surface area contributed by atoms with Crippen LogP contribution in [0.3, 0.4) is 0 Å². The van der Waals surface area contributed by atoms with Crippen molar-refractivity contribution in [3.63, 3.8) is 0 Å². The Labute approximate surface area is 97.6 Å². The predicted octanol–water partition coefficient (Wildman–Crippen LogP) is 2.13. The first-order valence-electron chi connectivity index (χ1n) is 5.67. The standard InChI is InChI=1S/C12H23NO3/c1-6-9(2)13(5)10(14)7-12(3,4)8-11(15)16/h9H,6-8H2,1-5H3,(H,15,16). The zero-order valence-electron chi connectivity index (χ0n) is 10.9. The molecule has 0 aromatic carbocycles. The molecule has 1 unspecified atom stereocenters. The first-order chi connectivity index (χ1) is 7.19. The maximum Gasteiger partial charge on any atom is 0.303 e. The van der Waals surface area contributed by atoms with Crippen molar-refractivity contribution in [1.29, 1.82) is 0 Å². The molecule has 94 valence electrons. The van der Waals surface area contributed by atoms with E-state index in [2.05, 4.69) is 0 Å². The normalized spacial score (nSPS) is 13.3. The van der Waals surface area contributed by atoms with Gasteiger partial charge >= 0.3 is 5.97 Å². The lowest BCUT2D eigenvalue weighted by molar-refractivity contribution is -0.140. The van der Waals surface area contributed by atoms with Gasteiger partial charge in [-0.3, -0.25) is 9.59 Å². The number of carboxylic acid groups (broad SMARTS) is 1. The number of carbonyl (C=O) groups is 2. The van der Waals surface area contributed by atoms with E-state index in [1.807, 2.05) is 27.7 Å². The van der Waals surface area contributed by atoms with Gasteiger partial charge in [-0.15, -0.1) is 0 Å². The van der Waals surface area contributed by atoms with Crippen LogP contribution in [0.25, 0.3) is 0 Å². The van der Waals surface area contributed by atoms with Crippen LogP contribution in [0.2, 0.25) is 0 Å². The van der Waals surface area contributed by atoms with Gasteiger partial charge in [0.1, 0.15) is 0 Å². The highest BCUT2D eigenvalue weighted by atomic mass is 16.4.